The van der Waals surface area contributed by atoms with Crippen molar-refractivity contribution in [2.75, 3.05) is 6.61 Å². The second-order valence-electron chi connectivity index (χ2n) is 4.71. The maximum absolute atomic E-state index is 11.5. The average Bonchev–Trinajstić information content (AvgIpc) is 2.18. The summed E-state index contributed by atoms with van der Waals surface area (Å²) >= 11 is 0. The molecule has 0 aliphatic heterocycles. The number of aromatic nitrogens is 1. The van der Waals surface area contributed by atoms with E-state index < -0.39 is 5.97 Å². The Labute approximate surface area is 99.6 Å². The van der Waals surface area contributed by atoms with E-state index in [4.69, 9.17) is 9.84 Å². The molecule has 0 atom stereocenters. The third kappa shape index (κ3) is 4.40. The largest absolute Gasteiger partial charge is 0.478 e. The predicted octanol–water partition coefficient (Wildman–Crippen LogP) is 1.36. The molecule has 0 bridgehead atoms. The predicted molar refractivity (Wildman–Crippen MR) is 63.4 cm³/mol. The second kappa shape index (κ2) is 5.14. The van der Waals surface area contributed by atoms with Gasteiger partial charge in [-0.2, -0.15) is 0 Å². The highest BCUT2D eigenvalue weighted by Crippen LogP contribution is 2.06. The summed E-state index contributed by atoms with van der Waals surface area (Å²) in [5.74, 6) is -1.10. The lowest BCUT2D eigenvalue weighted by Gasteiger charge is -2.19. The minimum atomic E-state index is -1.10. The normalized spacial score (nSPS) is 11.5. The van der Waals surface area contributed by atoms with Crippen LogP contribution in [0.5, 0.6) is 0 Å². The fourth-order valence-corrected chi connectivity index (χ4v) is 1.28. The standard InChI is InChI=1S/C12H17NO4/c1-12(2,3)17-7-6-13-5-4-9(11(15)16)8-10(13)14/h4-5,8H,6-7H2,1-3H3,(H,15,16). The van der Waals surface area contributed by atoms with Crippen LogP contribution in [0.25, 0.3) is 0 Å². The van der Waals surface area contributed by atoms with Gasteiger partial charge in [-0.05, 0) is 26.8 Å². The molecule has 0 radical (unpaired) electrons. The van der Waals surface area contributed by atoms with E-state index in [1.165, 1.54) is 16.8 Å². The number of ether oxygens (including phenoxy) is 1. The van der Waals surface area contributed by atoms with E-state index in [1.54, 1.807) is 0 Å². The first-order chi connectivity index (χ1) is 7.79. The molecule has 1 aromatic heterocycles. The molecule has 0 aliphatic carbocycles. The van der Waals surface area contributed by atoms with Gasteiger partial charge in [-0.25, -0.2) is 4.79 Å². The minimum absolute atomic E-state index is 0.00277. The van der Waals surface area contributed by atoms with Crippen molar-refractivity contribution < 1.29 is 14.6 Å². The molecule has 0 saturated carbocycles. The first kappa shape index (κ1) is 13.4. The molecule has 94 valence electrons. The molecule has 0 unspecified atom stereocenters. The highest BCUT2D eigenvalue weighted by atomic mass is 16.5. The smallest absolute Gasteiger partial charge is 0.335 e. The molecule has 0 saturated heterocycles. The van der Waals surface area contributed by atoms with Crippen LogP contribution in [0.4, 0.5) is 0 Å². The van der Waals surface area contributed by atoms with Gasteiger partial charge in [0.05, 0.1) is 17.8 Å². The van der Waals surface area contributed by atoms with Gasteiger partial charge in [0.15, 0.2) is 0 Å². The number of hydrogen-bond acceptors (Lipinski definition) is 3. The number of carboxylic acid groups (broad SMARTS) is 1. The van der Waals surface area contributed by atoms with Crippen LogP contribution in [0.15, 0.2) is 23.1 Å². The number of hydrogen-bond donors (Lipinski definition) is 1. The molecule has 1 aromatic rings. The lowest BCUT2D eigenvalue weighted by Crippen LogP contribution is -2.26. The summed E-state index contributed by atoms with van der Waals surface area (Å²) in [6, 6.07) is 2.51. The van der Waals surface area contributed by atoms with Gasteiger partial charge >= 0.3 is 5.97 Å². The topological polar surface area (TPSA) is 68.5 Å². The van der Waals surface area contributed by atoms with Crippen molar-refractivity contribution in [3.05, 3.63) is 34.2 Å². The monoisotopic (exact) mass is 239 g/mol. The molecule has 0 aromatic carbocycles. The highest BCUT2D eigenvalue weighted by Gasteiger charge is 2.10. The summed E-state index contributed by atoms with van der Waals surface area (Å²) in [7, 11) is 0. The Bertz CT molecular complexity index is 456. The van der Waals surface area contributed by atoms with Crippen molar-refractivity contribution in [2.24, 2.45) is 0 Å². The van der Waals surface area contributed by atoms with E-state index in [0.29, 0.717) is 13.2 Å². The zero-order valence-corrected chi connectivity index (χ0v) is 10.3. The molecule has 1 rings (SSSR count). The minimum Gasteiger partial charge on any atom is -0.478 e. The molecule has 5 heteroatoms. The molecular weight excluding hydrogens is 222 g/mol. The molecule has 0 spiro atoms. The van der Waals surface area contributed by atoms with Gasteiger partial charge < -0.3 is 14.4 Å². The number of rotatable bonds is 4. The van der Waals surface area contributed by atoms with Crippen molar-refractivity contribution in [3.63, 3.8) is 0 Å². The van der Waals surface area contributed by atoms with Gasteiger partial charge in [-0.15, -0.1) is 0 Å². The van der Waals surface area contributed by atoms with Crippen LogP contribution in [0, 0.1) is 0 Å². The highest BCUT2D eigenvalue weighted by molar-refractivity contribution is 5.87. The lowest BCUT2D eigenvalue weighted by molar-refractivity contribution is -0.00712. The van der Waals surface area contributed by atoms with Gasteiger partial charge in [0.1, 0.15) is 0 Å². The van der Waals surface area contributed by atoms with Crippen LogP contribution < -0.4 is 5.56 Å². The zero-order valence-electron chi connectivity index (χ0n) is 10.3. The summed E-state index contributed by atoms with van der Waals surface area (Å²) in [5.41, 5.74) is -0.574. The van der Waals surface area contributed by atoms with Gasteiger partial charge in [0, 0.05) is 18.8 Å². The van der Waals surface area contributed by atoms with E-state index in [-0.39, 0.29) is 16.7 Å². The van der Waals surface area contributed by atoms with Gasteiger partial charge in [0.25, 0.3) is 5.56 Å². The van der Waals surface area contributed by atoms with Crippen LogP contribution in [0.1, 0.15) is 31.1 Å². The van der Waals surface area contributed by atoms with E-state index in [9.17, 15) is 9.59 Å². The van der Waals surface area contributed by atoms with Crippen molar-refractivity contribution in [1.82, 2.24) is 4.57 Å². The average molecular weight is 239 g/mol. The van der Waals surface area contributed by atoms with E-state index in [1.807, 2.05) is 20.8 Å². The molecule has 0 aliphatic rings. The Morgan fingerprint density at radius 1 is 1.47 bits per heavy atom. The number of nitrogens with zero attached hydrogens (tertiary/aromatic N) is 1. The van der Waals surface area contributed by atoms with Crippen LogP contribution in [0.3, 0.4) is 0 Å². The fraction of sp³-hybridized carbons (Fsp3) is 0.500. The van der Waals surface area contributed by atoms with E-state index >= 15 is 0 Å². The molecule has 17 heavy (non-hydrogen) atoms. The molecule has 5 nitrogen and oxygen atoms in total. The quantitative estimate of drug-likeness (QED) is 0.861. The maximum Gasteiger partial charge on any atom is 0.335 e. The van der Waals surface area contributed by atoms with Gasteiger partial charge in [-0.3, -0.25) is 4.79 Å². The van der Waals surface area contributed by atoms with Crippen molar-refractivity contribution in [2.45, 2.75) is 32.9 Å². The summed E-state index contributed by atoms with van der Waals surface area (Å²) in [6.45, 7) is 6.63. The number of pyridine rings is 1. The number of aromatic carboxylic acids is 1. The SMILES string of the molecule is CC(C)(C)OCCn1ccc(C(=O)O)cc1=O. The Hall–Kier alpha value is -1.62. The Balaban J connectivity index is 2.68. The van der Waals surface area contributed by atoms with E-state index in [2.05, 4.69) is 0 Å². The van der Waals surface area contributed by atoms with E-state index in [0.717, 1.165) is 6.07 Å². The molecular formula is C12H17NO4. The third-order valence-electron chi connectivity index (χ3n) is 2.11. The summed E-state index contributed by atoms with van der Waals surface area (Å²) in [4.78, 5) is 22.2. The van der Waals surface area contributed by atoms with Crippen LogP contribution >= 0.6 is 0 Å². The van der Waals surface area contributed by atoms with Crippen LogP contribution in [-0.4, -0.2) is 27.9 Å². The van der Waals surface area contributed by atoms with Crippen LogP contribution in [0.2, 0.25) is 0 Å². The van der Waals surface area contributed by atoms with Crippen LogP contribution in [-0.2, 0) is 11.3 Å². The summed E-state index contributed by atoms with van der Waals surface area (Å²) < 4.78 is 6.92. The molecule has 0 fully saturated rings. The zero-order chi connectivity index (χ0) is 13.1. The fourth-order valence-electron chi connectivity index (χ4n) is 1.28. The lowest BCUT2D eigenvalue weighted by atomic mass is 10.2. The second-order valence-corrected chi connectivity index (χ2v) is 4.71. The first-order valence-corrected chi connectivity index (χ1v) is 5.37. The summed E-state index contributed by atoms with van der Waals surface area (Å²) in [5, 5.41) is 8.71. The Morgan fingerprint density at radius 2 is 2.12 bits per heavy atom. The number of carbonyl (C=O) groups is 1. The molecule has 1 heterocycles. The van der Waals surface area contributed by atoms with Crippen molar-refractivity contribution >= 4 is 5.97 Å². The maximum atomic E-state index is 11.5. The van der Waals surface area contributed by atoms with Gasteiger partial charge in [0.2, 0.25) is 0 Å². The summed E-state index contributed by atoms with van der Waals surface area (Å²) in [6.07, 6.45) is 1.47. The molecule has 0 amide bonds. The Morgan fingerprint density at radius 3 is 2.59 bits per heavy atom. The number of carboxylic acids is 1. The molecule has 1 N–H and O–H groups in total. The Kier molecular flexibility index (Phi) is 4.07. The van der Waals surface area contributed by atoms with Gasteiger partial charge in [-0.1, -0.05) is 0 Å². The third-order valence-corrected chi connectivity index (χ3v) is 2.11. The van der Waals surface area contributed by atoms with Crippen molar-refractivity contribution in [1.29, 1.82) is 0 Å². The first-order valence-electron chi connectivity index (χ1n) is 5.37. The van der Waals surface area contributed by atoms with Crippen molar-refractivity contribution in [3.8, 4) is 0 Å².